The molecule has 1 aromatic rings. The van der Waals surface area contributed by atoms with E-state index in [4.69, 9.17) is 0 Å². The summed E-state index contributed by atoms with van der Waals surface area (Å²) in [5.41, 5.74) is 1.20. The molecular formula is C17H22ClFN2OS. The van der Waals surface area contributed by atoms with Crippen molar-refractivity contribution >= 4 is 30.1 Å². The van der Waals surface area contributed by atoms with Crippen molar-refractivity contribution in [1.82, 2.24) is 10.6 Å². The van der Waals surface area contributed by atoms with Crippen LogP contribution in [-0.2, 0) is 4.79 Å². The number of fused-ring (bicyclic) bond motifs is 1. The predicted molar refractivity (Wildman–Crippen MR) is 92.5 cm³/mol. The molecule has 1 aromatic carbocycles. The average Bonchev–Trinajstić information content (AvgIpc) is 3.22. The number of benzene rings is 1. The van der Waals surface area contributed by atoms with Crippen molar-refractivity contribution in [3.05, 3.63) is 29.6 Å². The van der Waals surface area contributed by atoms with Crippen LogP contribution >= 0.6 is 24.2 Å². The standard InChI is InChI=1S/C17H21FN2OS.ClH/c18-13-3-1-2-11-14(4-9-22-15(11)13)20-16(21)12-10-17(12)5-7-19-8-6-17;/h1-3,12,14,19H,4-10H2,(H,20,21);1H. The first-order chi connectivity index (χ1) is 10.7. The van der Waals surface area contributed by atoms with Gasteiger partial charge in [0.05, 0.1) is 6.04 Å². The Balaban J connectivity index is 0.00000156. The van der Waals surface area contributed by atoms with Gasteiger partial charge in [0, 0.05) is 16.6 Å². The molecule has 1 aliphatic carbocycles. The quantitative estimate of drug-likeness (QED) is 0.854. The number of thioether (sulfide) groups is 1. The van der Waals surface area contributed by atoms with E-state index in [0.29, 0.717) is 4.90 Å². The third-order valence-corrected chi connectivity index (χ3v) is 6.61. The Morgan fingerprint density at radius 1 is 1.35 bits per heavy atom. The topological polar surface area (TPSA) is 41.1 Å². The second-order valence-corrected chi connectivity index (χ2v) is 7.83. The molecule has 2 N–H and O–H groups in total. The Hall–Kier alpha value is -0.780. The highest BCUT2D eigenvalue weighted by Crippen LogP contribution is 2.58. The minimum absolute atomic E-state index is 0. The zero-order valence-corrected chi connectivity index (χ0v) is 14.6. The fourth-order valence-corrected chi connectivity index (χ4v) is 5.14. The summed E-state index contributed by atoms with van der Waals surface area (Å²) in [6, 6.07) is 5.16. The number of amides is 1. The van der Waals surface area contributed by atoms with Crippen LogP contribution in [0.3, 0.4) is 0 Å². The lowest BCUT2D eigenvalue weighted by Gasteiger charge is -2.27. The van der Waals surface area contributed by atoms with Crippen LogP contribution in [0.5, 0.6) is 0 Å². The van der Waals surface area contributed by atoms with Crippen LogP contribution in [0.1, 0.15) is 37.3 Å². The maximum atomic E-state index is 13.9. The minimum atomic E-state index is -0.164. The van der Waals surface area contributed by atoms with Crippen molar-refractivity contribution in [2.45, 2.75) is 36.6 Å². The monoisotopic (exact) mass is 356 g/mol. The van der Waals surface area contributed by atoms with Gasteiger partial charge in [0.2, 0.25) is 5.91 Å². The third kappa shape index (κ3) is 3.11. The molecule has 1 saturated carbocycles. The maximum Gasteiger partial charge on any atom is 0.224 e. The van der Waals surface area contributed by atoms with Crippen LogP contribution < -0.4 is 10.6 Å². The third-order valence-electron chi connectivity index (χ3n) is 5.45. The van der Waals surface area contributed by atoms with E-state index in [1.54, 1.807) is 17.8 Å². The molecule has 3 nitrogen and oxygen atoms in total. The maximum absolute atomic E-state index is 13.9. The summed E-state index contributed by atoms with van der Waals surface area (Å²) < 4.78 is 13.9. The minimum Gasteiger partial charge on any atom is -0.349 e. The lowest BCUT2D eigenvalue weighted by molar-refractivity contribution is -0.124. The molecule has 1 amide bonds. The van der Waals surface area contributed by atoms with Crippen molar-refractivity contribution in [3.63, 3.8) is 0 Å². The van der Waals surface area contributed by atoms with Crippen molar-refractivity contribution < 1.29 is 9.18 Å². The van der Waals surface area contributed by atoms with E-state index in [1.807, 2.05) is 6.07 Å². The molecule has 2 fully saturated rings. The van der Waals surface area contributed by atoms with Crippen LogP contribution in [-0.4, -0.2) is 24.7 Å². The molecule has 1 spiro atoms. The predicted octanol–water partition coefficient (Wildman–Crippen LogP) is 3.29. The van der Waals surface area contributed by atoms with Gasteiger partial charge < -0.3 is 10.6 Å². The second-order valence-electron chi connectivity index (χ2n) is 6.73. The van der Waals surface area contributed by atoms with E-state index >= 15 is 0 Å². The van der Waals surface area contributed by atoms with Crippen molar-refractivity contribution in [2.75, 3.05) is 18.8 Å². The molecule has 0 bridgehead atoms. The van der Waals surface area contributed by atoms with E-state index in [0.717, 1.165) is 50.1 Å². The van der Waals surface area contributed by atoms with E-state index in [1.165, 1.54) is 6.07 Å². The Bertz CT molecular complexity index is 606. The van der Waals surface area contributed by atoms with Gasteiger partial charge in [0.1, 0.15) is 5.82 Å². The molecule has 23 heavy (non-hydrogen) atoms. The largest absolute Gasteiger partial charge is 0.349 e. The zero-order chi connectivity index (χ0) is 15.2. The van der Waals surface area contributed by atoms with Crippen molar-refractivity contribution in [3.8, 4) is 0 Å². The van der Waals surface area contributed by atoms with E-state index in [2.05, 4.69) is 10.6 Å². The Labute approximate surface area is 146 Å². The van der Waals surface area contributed by atoms with Gasteiger partial charge in [-0.05, 0) is 55.8 Å². The molecule has 6 heteroatoms. The van der Waals surface area contributed by atoms with Gasteiger partial charge in [0.15, 0.2) is 0 Å². The summed E-state index contributed by atoms with van der Waals surface area (Å²) in [5.74, 6) is 1.04. The number of nitrogens with one attached hydrogen (secondary N) is 2. The Morgan fingerprint density at radius 2 is 2.13 bits per heavy atom. The molecule has 1 saturated heterocycles. The number of hydrogen-bond acceptors (Lipinski definition) is 3. The fourth-order valence-electron chi connectivity index (χ4n) is 4.00. The zero-order valence-electron chi connectivity index (χ0n) is 12.9. The normalized spacial score (nSPS) is 27.7. The summed E-state index contributed by atoms with van der Waals surface area (Å²) in [6.45, 7) is 2.05. The molecule has 126 valence electrons. The number of piperidine rings is 1. The number of halogens is 2. The van der Waals surface area contributed by atoms with Crippen LogP contribution in [0.25, 0.3) is 0 Å². The SMILES string of the molecule is Cl.O=C(NC1CCSc2c(F)cccc21)C1CC12CCNCC2. The first-order valence-electron chi connectivity index (χ1n) is 8.12. The van der Waals surface area contributed by atoms with E-state index in [-0.39, 0.29) is 41.5 Å². The lowest BCUT2D eigenvalue weighted by Crippen LogP contribution is -2.36. The summed E-state index contributed by atoms with van der Waals surface area (Å²) in [6.07, 6.45) is 4.12. The van der Waals surface area contributed by atoms with E-state index < -0.39 is 0 Å². The smallest absolute Gasteiger partial charge is 0.224 e. The van der Waals surface area contributed by atoms with Gasteiger partial charge in [0.25, 0.3) is 0 Å². The first-order valence-corrected chi connectivity index (χ1v) is 9.10. The summed E-state index contributed by atoms with van der Waals surface area (Å²) in [5, 5.41) is 6.56. The molecular weight excluding hydrogens is 335 g/mol. The van der Waals surface area contributed by atoms with Gasteiger partial charge in [-0.25, -0.2) is 4.39 Å². The first kappa shape index (κ1) is 17.1. The highest BCUT2D eigenvalue weighted by atomic mass is 35.5. The summed E-state index contributed by atoms with van der Waals surface area (Å²) in [4.78, 5) is 13.3. The molecule has 2 heterocycles. The van der Waals surface area contributed by atoms with E-state index in [9.17, 15) is 9.18 Å². The number of rotatable bonds is 2. The van der Waals surface area contributed by atoms with Gasteiger partial charge >= 0.3 is 0 Å². The van der Waals surface area contributed by atoms with Crippen LogP contribution in [0.2, 0.25) is 0 Å². The van der Waals surface area contributed by atoms with Gasteiger partial charge in [-0.3, -0.25) is 4.79 Å². The van der Waals surface area contributed by atoms with Crippen LogP contribution in [0.15, 0.2) is 23.1 Å². The second kappa shape index (κ2) is 6.61. The average molecular weight is 357 g/mol. The number of carbonyl (C=O) groups excluding carboxylic acids is 1. The Kier molecular flexibility index (Phi) is 4.90. The van der Waals surface area contributed by atoms with Crippen molar-refractivity contribution in [2.24, 2.45) is 11.3 Å². The number of carbonyl (C=O) groups is 1. The van der Waals surface area contributed by atoms with Crippen molar-refractivity contribution in [1.29, 1.82) is 0 Å². The molecule has 2 atom stereocenters. The Morgan fingerprint density at radius 3 is 2.91 bits per heavy atom. The fraction of sp³-hybridized carbons (Fsp3) is 0.588. The summed E-state index contributed by atoms with van der Waals surface area (Å²) >= 11 is 1.56. The van der Waals surface area contributed by atoms with Crippen LogP contribution in [0, 0.1) is 17.2 Å². The van der Waals surface area contributed by atoms with Gasteiger partial charge in [-0.1, -0.05) is 12.1 Å². The summed E-state index contributed by atoms with van der Waals surface area (Å²) in [7, 11) is 0. The highest BCUT2D eigenvalue weighted by molar-refractivity contribution is 7.99. The highest BCUT2D eigenvalue weighted by Gasteiger charge is 2.57. The molecule has 2 unspecified atom stereocenters. The van der Waals surface area contributed by atoms with Gasteiger partial charge in [-0.15, -0.1) is 24.2 Å². The molecule has 3 aliphatic rings. The molecule has 4 rings (SSSR count). The molecule has 0 radical (unpaired) electrons. The lowest BCUT2D eigenvalue weighted by atomic mass is 9.91. The molecule has 0 aromatic heterocycles. The number of hydrogen-bond donors (Lipinski definition) is 2. The van der Waals surface area contributed by atoms with Crippen LogP contribution in [0.4, 0.5) is 4.39 Å². The molecule has 2 aliphatic heterocycles. The van der Waals surface area contributed by atoms with Gasteiger partial charge in [-0.2, -0.15) is 0 Å².